The fourth-order valence-corrected chi connectivity index (χ4v) is 4.08. The Bertz CT molecular complexity index is 1160. The van der Waals surface area contributed by atoms with Crippen LogP contribution >= 0.6 is 0 Å². The zero-order valence-corrected chi connectivity index (χ0v) is 21.4. The number of halogens is 2. The lowest BCUT2D eigenvalue weighted by Crippen LogP contribution is -2.54. The highest BCUT2D eigenvalue weighted by Gasteiger charge is 2.31. The summed E-state index contributed by atoms with van der Waals surface area (Å²) in [6.07, 6.45) is 0.852. The first kappa shape index (κ1) is 28.0. The molecule has 0 fully saturated rings. The van der Waals surface area contributed by atoms with Crippen molar-refractivity contribution in [2.75, 3.05) is 24.2 Å². The van der Waals surface area contributed by atoms with Crippen LogP contribution in [0.5, 0.6) is 5.75 Å². The van der Waals surface area contributed by atoms with Crippen molar-refractivity contribution in [3.63, 3.8) is 0 Å². The van der Waals surface area contributed by atoms with Crippen LogP contribution in [0.1, 0.15) is 33.3 Å². The second kappa shape index (κ2) is 11.0. The first-order valence-corrected chi connectivity index (χ1v) is 12.6. The van der Waals surface area contributed by atoms with Crippen LogP contribution in [0, 0.1) is 11.6 Å². The van der Waals surface area contributed by atoms with E-state index in [1.54, 1.807) is 45.0 Å². The fourth-order valence-electron chi connectivity index (χ4n) is 3.24. The van der Waals surface area contributed by atoms with Crippen molar-refractivity contribution in [2.24, 2.45) is 0 Å². The number of anilines is 1. The maximum atomic E-state index is 13.8. The van der Waals surface area contributed by atoms with Crippen LogP contribution in [0.15, 0.2) is 42.5 Å². The molecule has 2 aromatic rings. The van der Waals surface area contributed by atoms with Gasteiger partial charge >= 0.3 is 0 Å². The lowest BCUT2D eigenvalue weighted by molar-refractivity contribution is -0.140. The average molecular weight is 512 g/mol. The van der Waals surface area contributed by atoms with E-state index in [1.807, 2.05) is 0 Å². The van der Waals surface area contributed by atoms with E-state index < -0.39 is 51.6 Å². The Balaban J connectivity index is 2.42. The highest BCUT2D eigenvalue weighted by molar-refractivity contribution is 7.92. The van der Waals surface area contributed by atoms with Crippen LogP contribution in [0.2, 0.25) is 0 Å². The van der Waals surface area contributed by atoms with Gasteiger partial charge in [-0.05, 0) is 57.5 Å². The number of nitrogens with zero attached hydrogens (tertiary/aromatic N) is 2. The molecular weight excluding hydrogens is 480 g/mol. The van der Waals surface area contributed by atoms with E-state index >= 15 is 0 Å². The van der Waals surface area contributed by atoms with Crippen LogP contribution < -0.4 is 14.4 Å². The maximum Gasteiger partial charge on any atom is 0.244 e. The minimum Gasteiger partial charge on any atom is -0.497 e. The lowest BCUT2D eigenvalue weighted by Gasteiger charge is -2.33. The summed E-state index contributed by atoms with van der Waals surface area (Å²) in [7, 11) is -2.54. The zero-order valence-electron chi connectivity index (χ0n) is 20.6. The van der Waals surface area contributed by atoms with Crippen LogP contribution in [-0.2, 0) is 26.2 Å². The molecule has 0 heterocycles. The topological polar surface area (TPSA) is 96.0 Å². The summed E-state index contributed by atoms with van der Waals surface area (Å²) in [5, 5.41) is 2.81. The van der Waals surface area contributed by atoms with Crippen LogP contribution in [-0.4, -0.2) is 56.6 Å². The molecule has 2 amide bonds. The molecule has 1 atom stereocenters. The smallest absolute Gasteiger partial charge is 0.244 e. The molecule has 0 aliphatic rings. The minimum absolute atomic E-state index is 0.00304. The van der Waals surface area contributed by atoms with Gasteiger partial charge in [-0.3, -0.25) is 13.9 Å². The Morgan fingerprint density at radius 1 is 1.06 bits per heavy atom. The van der Waals surface area contributed by atoms with Gasteiger partial charge in [0.2, 0.25) is 21.8 Å². The van der Waals surface area contributed by atoms with Crippen molar-refractivity contribution in [2.45, 2.75) is 45.8 Å². The normalized spacial score (nSPS) is 12.6. The highest BCUT2D eigenvalue weighted by Crippen LogP contribution is 2.22. The molecule has 8 nitrogen and oxygen atoms in total. The van der Waals surface area contributed by atoms with Gasteiger partial charge in [0.15, 0.2) is 11.6 Å². The Morgan fingerprint density at radius 2 is 1.66 bits per heavy atom. The molecule has 192 valence electrons. The molecule has 35 heavy (non-hydrogen) atoms. The molecule has 0 spiro atoms. The van der Waals surface area contributed by atoms with Crippen molar-refractivity contribution in [1.29, 1.82) is 0 Å². The second-order valence-corrected chi connectivity index (χ2v) is 11.1. The molecule has 0 bridgehead atoms. The first-order valence-electron chi connectivity index (χ1n) is 10.8. The molecule has 2 aromatic carbocycles. The number of rotatable bonds is 9. The van der Waals surface area contributed by atoms with Gasteiger partial charge in [-0.1, -0.05) is 12.1 Å². The second-order valence-electron chi connectivity index (χ2n) is 9.15. The Labute approximate surface area is 204 Å². The van der Waals surface area contributed by atoms with Crippen molar-refractivity contribution in [3.05, 3.63) is 59.7 Å². The molecule has 11 heteroatoms. The number of methoxy groups -OCH3 is 1. The standard InChI is InChI=1S/C24H31F2N3O5S/c1-16(23(31)27-24(2,3)4)28(14-17-7-10-19(34-5)11-8-17)22(30)15-29(35(6,32)33)18-9-12-20(25)21(26)13-18/h7-13,16H,14-15H2,1-6H3,(H,27,31)/t16-/m0/s1. The van der Waals surface area contributed by atoms with E-state index in [0.29, 0.717) is 21.7 Å². The van der Waals surface area contributed by atoms with E-state index in [-0.39, 0.29) is 12.2 Å². The molecule has 0 aliphatic carbocycles. The van der Waals surface area contributed by atoms with E-state index in [1.165, 1.54) is 18.9 Å². The maximum absolute atomic E-state index is 13.8. The quantitative estimate of drug-likeness (QED) is 0.558. The predicted octanol–water partition coefficient (Wildman–Crippen LogP) is 3.07. The van der Waals surface area contributed by atoms with Gasteiger partial charge in [0, 0.05) is 18.2 Å². The van der Waals surface area contributed by atoms with Gasteiger partial charge in [-0.25, -0.2) is 17.2 Å². The molecule has 0 saturated heterocycles. The molecule has 0 radical (unpaired) electrons. The largest absolute Gasteiger partial charge is 0.497 e. The number of nitrogens with one attached hydrogen (secondary N) is 1. The van der Waals surface area contributed by atoms with Gasteiger partial charge < -0.3 is 15.0 Å². The van der Waals surface area contributed by atoms with Crippen LogP contribution in [0.3, 0.4) is 0 Å². The van der Waals surface area contributed by atoms with Gasteiger partial charge in [0.25, 0.3) is 0 Å². The first-order chi connectivity index (χ1) is 16.1. The number of hydrogen-bond acceptors (Lipinski definition) is 5. The predicted molar refractivity (Wildman–Crippen MR) is 129 cm³/mol. The Kier molecular flexibility index (Phi) is 8.83. The third-order valence-electron chi connectivity index (χ3n) is 5.05. The number of benzene rings is 2. The number of ether oxygens (including phenoxy) is 1. The molecular formula is C24H31F2N3O5S. The lowest BCUT2D eigenvalue weighted by atomic mass is 10.1. The summed E-state index contributed by atoms with van der Waals surface area (Å²) in [5.41, 5.74) is -0.103. The van der Waals surface area contributed by atoms with E-state index in [2.05, 4.69) is 5.32 Å². The van der Waals surface area contributed by atoms with Crippen molar-refractivity contribution in [1.82, 2.24) is 10.2 Å². The zero-order chi connectivity index (χ0) is 26.6. The van der Waals surface area contributed by atoms with Crippen molar-refractivity contribution >= 4 is 27.5 Å². The Morgan fingerprint density at radius 3 is 2.14 bits per heavy atom. The third kappa shape index (κ3) is 7.91. The molecule has 0 aromatic heterocycles. The van der Waals surface area contributed by atoms with E-state index in [9.17, 15) is 26.8 Å². The SMILES string of the molecule is COc1ccc(CN(C(=O)CN(c2ccc(F)c(F)c2)S(C)(=O)=O)[C@@H](C)C(=O)NC(C)(C)C)cc1. The minimum atomic E-state index is -4.05. The molecule has 0 saturated carbocycles. The summed E-state index contributed by atoms with van der Waals surface area (Å²) in [4.78, 5) is 27.5. The molecule has 0 aliphatic heterocycles. The molecule has 0 unspecified atom stereocenters. The molecule has 1 N–H and O–H groups in total. The van der Waals surface area contributed by atoms with E-state index in [0.717, 1.165) is 18.4 Å². The summed E-state index contributed by atoms with van der Waals surface area (Å²) in [6, 6.07) is 8.42. The number of carbonyl (C=O) groups is 2. The third-order valence-corrected chi connectivity index (χ3v) is 6.19. The fraction of sp³-hybridized carbons (Fsp3) is 0.417. The average Bonchev–Trinajstić information content (AvgIpc) is 2.75. The number of sulfonamides is 1. The molecule has 2 rings (SSSR count). The monoisotopic (exact) mass is 511 g/mol. The van der Waals surface area contributed by atoms with Crippen LogP contribution in [0.25, 0.3) is 0 Å². The number of amides is 2. The van der Waals surface area contributed by atoms with Crippen molar-refractivity contribution < 1.29 is 31.5 Å². The van der Waals surface area contributed by atoms with E-state index in [4.69, 9.17) is 4.74 Å². The van der Waals surface area contributed by atoms with Gasteiger partial charge in [-0.2, -0.15) is 0 Å². The van der Waals surface area contributed by atoms with Gasteiger partial charge in [0.1, 0.15) is 18.3 Å². The summed E-state index contributed by atoms with van der Waals surface area (Å²) >= 11 is 0. The summed E-state index contributed by atoms with van der Waals surface area (Å²) < 4.78 is 57.9. The number of carbonyl (C=O) groups excluding carboxylic acids is 2. The number of hydrogen-bond donors (Lipinski definition) is 1. The summed E-state index contributed by atoms with van der Waals surface area (Å²) in [5.74, 6) is -2.93. The highest BCUT2D eigenvalue weighted by atomic mass is 32.2. The summed E-state index contributed by atoms with van der Waals surface area (Å²) in [6.45, 7) is 6.19. The Hall–Kier alpha value is -3.21. The van der Waals surface area contributed by atoms with Gasteiger partial charge in [-0.15, -0.1) is 0 Å². The van der Waals surface area contributed by atoms with Crippen molar-refractivity contribution in [3.8, 4) is 5.75 Å². The van der Waals surface area contributed by atoms with Gasteiger partial charge in [0.05, 0.1) is 19.1 Å². The van der Waals surface area contributed by atoms with Crippen LogP contribution in [0.4, 0.5) is 14.5 Å².